The van der Waals surface area contributed by atoms with E-state index in [9.17, 15) is 4.79 Å². The first-order chi connectivity index (χ1) is 13.2. The van der Waals surface area contributed by atoms with Gasteiger partial charge in [-0.2, -0.15) is 5.10 Å². The molecule has 27 heavy (non-hydrogen) atoms. The molecule has 4 aromatic rings. The summed E-state index contributed by atoms with van der Waals surface area (Å²) < 4.78 is 2.53. The Kier molecular flexibility index (Phi) is 4.80. The van der Waals surface area contributed by atoms with Crippen molar-refractivity contribution in [2.75, 3.05) is 5.43 Å². The predicted molar refractivity (Wildman–Crippen MR) is 113 cm³/mol. The van der Waals surface area contributed by atoms with Crippen LogP contribution in [-0.2, 0) is 0 Å². The topological polar surface area (TPSA) is 59.3 Å². The van der Waals surface area contributed by atoms with E-state index in [1.54, 1.807) is 12.3 Å². The largest absolute Gasteiger partial charge is 0.268 e. The number of aromatic nitrogens is 2. The van der Waals surface area contributed by atoms with Crippen molar-refractivity contribution >= 4 is 39.0 Å². The van der Waals surface area contributed by atoms with Crippen LogP contribution in [0.5, 0.6) is 0 Å². The van der Waals surface area contributed by atoms with Gasteiger partial charge in [0.05, 0.1) is 22.8 Å². The molecule has 4 rings (SSSR count). The Morgan fingerprint density at radius 1 is 0.926 bits per heavy atom. The van der Waals surface area contributed by atoms with Crippen LogP contribution in [0.4, 0.5) is 5.95 Å². The van der Waals surface area contributed by atoms with E-state index in [1.807, 2.05) is 72.8 Å². The Morgan fingerprint density at radius 2 is 1.63 bits per heavy atom. The van der Waals surface area contributed by atoms with Gasteiger partial charge < -0.3 is 0 Å². The Balaban J connectivity index is 1.78. The van der Waals surface area contributed by atoms with E-state index in [0.717, 1.165) is 15.7 Å². The number of halogens is 1. The van der Waals surface area contributed by atoms with Gasteiger partial charge in [-0.3, -0.25) is 4.79 Å². The highest BCUT2D eigenvalue weighted by molar-refractivity contribution is 9.10. The van der Waals surface area contributed by atoms with E-state index >= 15 is 0 Å². The number of benzene rings is 3. The fourth-order valence-corrected chi connectivity index (χ4v) is 3.00. The first-order valence-electron chi connectivity index (χ1n) is 8.34. The van der Waals surface area contributed by atoms with E-state index in [4.69, 9.17) is 0 Å². The standard InChI is InChI=1S/C21H15BrN4O/c22-16-12-10-15(11-13-16)14-23-25-21-24-19-9-5-4-8-18(19)20(27)26(21)17-6-2-1-3-7-17/h1-14H,(H,24,25). The van der Waals surface area contributed by atoms with Crippen molar-refractivity contribution < 1.29 is 0 Å². The zero-order chi connectivity index (χ0) is 18.6. The molecule has 0 saturated carbocycles. The number of para-hydroxylation sites is 2. The number of fused-ring (bicyclic) bond motifs is 1. The summed E-state index contributed by atoms with van der Waals surface area (Å²) in [5.41, 5.74) is 5.05. The quantitative estimate of drug-likeness (QED) is 0.389. The van der Waals surface area contributed by atoms with Gasteiger partial charge >= 0.3 is 0 Å². The maximum Gasteiger partial charge on any atom is 0.267 e. The Labute approximate surface area is 164 Å². The van der Waals surface area contributed by atoms with E-state index in [-0.39, 0.29) is 5.56 Å². The fraction of sp³-hybridized carbons (Fsp3) is 0. The molecule has 0 bridgehead atoms. The lowest BCUT2D eigenvalue weighted by atomic mass is 10.2. The van der Waals surface area contributed by atoms with Crippen LogP contribution >= 0.6 is 15.9 Å². The molecule has 0 radical (unpaired) electrons. The van der Waals surface area contributed by atoms with Crippen molar-refractivity contribution in [3.05, 3.63) is 99.3 Å². The van der Waals surface area contributed by atoms with Crippen LogP contribution in [-0.4, -0.2) is 15.8 Å². The molecule has 0 saturated heterocycles. The molecule has 3 aromatic carbocycles. The summed E-state index contributed by atoms with van der Waals surface area (Å²) in [6.45, 7) is 0. The number of hydrogen-bond donors (Lipinski definition) is 1. The average molecular weight is 419 g/mol. The molecule has 1 heterocycles. The van der Waals surface area contributed by atoms with Gasteiger partial charge in [0.15, 0.2) is 0 Å². The molecule has 132 valence electrons. The monoisotopic (exact) mass is 418 g/mol. The third kappa shape index (κ3) is 3.66. The van der Waals surface area contributed by atoms with Gasteiger partial charge in [-0.25, -0.2) is 15.0 Å². The lowest BCUT2D eigenvalue weighted by Crippen LogP contribution is -2.22. The molecule has 0 aliphatic rings. The molecule has 0 aliphatic carbocycles. The van der Waals surface area contributed by atoms with Gasteiger partial charge in [-0.15, -0.1) is 0 Å². The zero-order valence-electron chi connectivity index (χ0n) is 14.2. The molecular formula is C21H15BrN4O. The fourth-order valence-electron chi connectivity index (χ4n) is 2.74. The highest BCUT2D eigenvalue weighted by Crippen LogP contribution is 2.16. The van der Waals surface area contributed by atoms with Crippen LogP contribution in [0.3, 0.4) is 0 Å². The lowest BCUT2D eigenvalue weighted by Gasteiger charge is -2.12. The number of hydrazone groups is 1. The van der Waals surface area contributed by atoms with Gasteiger partial charge in [0.2, 0.25) is 5.95 Å². The molecule has 0 atom stereocenters. The van der Waals surface area contributed by atoms with Crippen LogP contribution in [0, 0.1) is 0 Å². The van der Waals surface area contributed by atoms with E-state index in [0.29, 0.717) is 16.9 Å². The molecule has 0 unspecified atom stereocenters. The summed E-state index contributed by atoms with van der Waals surface area (Å²) in [6.07, 6.45) is 1.68. The predicted octanol–water partition coefficient (Wildman–Crippen LogP) is 4.59. The highest BCUT2D eigenvalue weighted by Gasteiger charge is 2.11. The molecule has 0 spiro atoms. The molecule has 6 heteroatoms. The summed E-state index contributed by atoms with van der Waals surface area (Å²) in [5, 5.41) is 4.82. The van der Waals surface area contributed by atoms with Gasteiger partial charge in [-0.1, -0.05) is 58.4 Å². The minimum absolute atomic E-state index is 0.145. The van der Waals surface area contributed by atoms with Gasteiger partial charge in [0.1, 0.15) is 0 Å². The second-order valence-electron chi connectivity index (χ2n) is 5.85. The highest BCUT2D eigenvalue weighted by atomic mass is 79.9. The number of rotatable bonds is 4. The smallest absolute Gasteiger partial charge is 0.267 e. The van der Waals surface area contributed by atoms with Crippen molar-refractivity contribution in [3.8, 4) is 5.69 Å². The minimum atomic E-state index is -0.145. The third-order valence-corrected chi connectivity index (χ3v) is 4.57. The molecular weight excluding hydrogens is 404 g/mol. The van der Waals surface area contributed by atoms with Crippen LogP contribution in [0.1, 0.15) is 5.56 Å². The van der Waals surface area contributed by atoms with Gasteiger partial charge in [-0.05, 0) is 42.0 Å². The first kappa shape index (κ1) is 17.2. The van der Waals surface area contributed by atoms with Crippen LogP contribution in [0.25, 0.3) is 16.6 Å². The van der Waals surface area contributed by atoms with Crippen LogP contribution in [0.2, 0.25) is 0 Å². The van der Waals surface area contributed by atoms with Crippen molar-refractivity contribution in [3.63, 3.8) is 0 Å². The zero-order valence-corrected chi connectivity index (χ0v) is 15.8. The number of anilines is 1. The van der Waals surface area contributed by atoms with Gasteiger partial charge in [0, 0.05) is 4.47 Å². The third-order valence-electron chi connectivity index (χ3n) is 4.04. The Morgan fingerprint density at radius 3 is 2.41 bits per heavy atom. The normalized spacial score (nSPS) is 11.1. The van der Waals surface area contributed by atoms with Gasteiger partial charge in [0.25, 0.3) is 5.56 Å². The Bertz CT molecular complexity index is 1170. The number of hydrogen-bond acceptors (Lipinski definition) is 4. The van der Waals surface area contributed by atoms with Crippen molar-refractivity contribution in [1.29, 1.82) is 0 Å². The maximum absolute atomic E-state index is 13.0. The second kappa shape index (κ2) is 7.55. The summed E-state index contributed by atoms with van der Waals surface area (Å²) in [6, 6.07) is 24.4. The number of nitrogens with zero attached hydrogens (tertiary/aromatic N) is 3. The minimum Gasteiger partial charge on any atom is -0.268 e. The summed E-state index contributed by atoms with van der Waals surface area (Å²) >= 11 is 3.41. The SMILES string of the molecule is O=c1c2ccccc2nc(NN=Cc2ccc(Br)cc2)n1-c1ccccc1. The van der Waals surface area contributed by atoms with E-state index < -0.39 is 0 Å². The number of nitrogens with one attached hydrogen (secondary N) is 1. The van der Waals surface area contributed by atoms with Crippen LogP contribution in [0.15, 0.2) is 93.2 Å². The summed E-state index contributed by atoms with van der Waals surface area (Å²) in [4.78, 5) is 17.6. The van der Waals surface area contributed by atoms with Crippen molar-refractivity contribution in [2.24, 2.45) is 5.10 Å². The maximum atomic E-state index is 13.0. The van der Waals surface area contributed by atoms with E-state index in [1.165, 1.54) is 4.57 Å². The lowest BCUT2D eigenvalue weighted by molar-refractivity contribution is 0.956. The van der Waals surface area contributed by atoms with Crippen LogP contribution < -0.4 is 11.0 Å². The van der Waals surface area contributed by atoms with Crippen molar-refractivity contribution in [1.82, 2.24) is 9.55 Å². The molecule has 1 aromatic heterocycles. The Hall–Kier alpha value is -3.25. The molecule has 5 nitrogen and oxygen atoms in total. The first-order valence-corrected chi connectivity index (χ1v) is 9.13. The molecule has 0 amide bonds. The molecule has 0 fully saturated rings. The summed E-state index contributed by atoms with van der Waals surface area (Å²) in [7, 11) is 0. The summed E-state index contributed by atoms with van der Waals surface area (Å²) in [5.74, 6) is 0.360. The second-order valence-corrected chi connectivity index (χ2v) is 6.77. The molecule has 1 N–H and O–H groups in total. The van der Waals surface area contributed by atoms with E-state index in [2.05, 4.69) is 31.4 Å². The average Bonchev–Trinajstić information content (AvgIpc) is 2.70. The molecule has 0 aliphatic heterocycles. The van der Waals surface area contributed by atoms with Crippen molar-refractivity contribution in [2.45, 2.75) is 0 Å².